The number of nitrogens with zero attached hydrogens (tertiary/aromatic N) is 4. The first-order chi connectivity index (χ1) is 59.6. The van der Waals surface area contributed by atoms with Crippen molar-refractivity contribution in [1.82, 2.24) is 19.6 Å². The van der Waals surface area contributed by atoms with Crippen LogP contribution >= 0.6 is 0 Å². The highest BCUT2D eigenvalue weighted by atomic mass is 16.3. The second-order valence-corrected chi connectivity index (χ2v) is 50.4. The molecule has 716 valence electrons. The van der Waals surface area contributed by atoms with E-state index in [1.165, 1.54) is 0 Å². The van der Waals surface area contributed by atoms with Crippen LogP contribution in [-0.2, 0) is 19.2 Å². The number of aliphatic hydroxyl groups is 12. The molecule has 0 spiro atoms. The minimum Gasteiger partial charge on any atom is -0.393 e. The molecule has 44 atom stereocenters. The first-order valence-electron chi connectivity index (χ1n) is 52.9. The maximum Gasteiger partial charge on any atom is 0.222 e. The molecule has 126 heavy (non-hydrogen) atoms. The fourth-order valence-corrected chi connectivity index (χ4v) is 38.2. The summed E-state index contributed by atoms with van der Waals surface area (Å²) in [5.41, 5.74) is -1.96. The average molecular weight is 1760 g/mol. The average Bonchev–Trinajstić information content (AvgIpc) is 1.43. The Hall–Kier alpha value is -2.60. The van der Waals surface area contributed by atoms with E-state index in [0.717, 1.165) is 103 Å². The molecular formula is C106H176N4O16. The van der Waals surface area contributed by atoms with E-state index in [-0.39, 0.29) is 264 Å². The number of aliphatic hydroxyl groups excluding tert-OH is 12. The molecule has 0 aromatic heterocycles. The number of carbonyl (C=O) groups excluding carboxylic acids is 4. The smallest absolute Gasteiger partial charge is 0.222 e. The van der Waals surface area contributed by atoms with E-state index >= 15 is 19.2 Å². The van der Waals surface area contributed by atoms with Crippen LogP contribution in [0.25, 0.3) is 0 Å². The summed E-state index contributed by atoms with van der Waals surface area (Å²) < 4.78 is 0. The molecule has 20 nitrogen and oxygen atoms in total. The molecule has 0 aromatic carbocycles. The molecule has 0 bridgehead atoms. The fourth-order valence-electron chi connectivity index (χ4n) is 38.2. The molecule has 0 unspecified atom stereocenters. The highest BCUT2D eigenvalue weighted by Gasteiger charge is 2.72. The summed E-state index contributed by atoms with van der Waals surface area (Å²) in [5, 5.41) is 143. The van der Waals surface area contributed by atoms with Crippen molar-refractivity contribution in [2.75, 3.05) is 52.4 Å². The number of hydrogen-bond acceptors (Lipinski definition) is 16. The molecule has 20 heteroatoms. The van der Waals surface area contributed by atoms with E-state index in [4.69, 9.17) is 0 Å². The van der Waals surface area contributed by atoms with Crippen molar-refractivity contribution < 1.29 is 80.5 Å². The van der Waals surface area contributed by atoms with Crippen LogP contribution in [-0.4, -0.2) is 230 Å². The summed E-state index contributed by atoms with van der Waals surface area (Å²) in [6.45, 7) is 30.2. The molecular weight excluding hydrogens is 1590 g/mol. The van der Waals surface area contributed by atoms with Gasteiger partial charge in [0.1, 0.15) is 0 Å². The lowest BCUT2D eigenvalue weighted by atomic mass is 9.43. The number of hydrogen-bond donors (Lipinski definition) is 12. The second-order valence-electron chi connectivity index (χ2n) is 50.4. The van der Waals surface area contributed by atoms with Gasteiger partial charge in [0.2, 0.25) is 23.6 Å². The van der Waals surface area contributed by atoms with Crippen molar-refractivity contribution in [3.05, 3.63) is 0 Å². The minimum absolute atomic E-state index is 0.0000866. The summed E-state index contributed by atoms with van der Waals surface area (Å²) in [6, 6.07) is 0. The van der Waals surface area contributed by atoms with E-state index in [1.807, 2.05) is 19.6 Å². The Kier molecular flexibility index (Phi) is 27.3. The van der Waals surface area contributed by atoms with Gasteiger partial charge in [0.05, 0.1) is 73.2 Å². The molecule has 12 N–H and O–H groups in total. The van der Waals surface area contributed by atoms with Crippen LogP contribution < -0.4 is 0 Å². The summed E-state index contributed by atoms with van der Waals surface area (Å²) in [7, 11) is 0. The topological polar surface area (TPSA) is 324 Å². The standard InChI is InChI=1S/C106H176N4O16/c1-59(71-19-23-75-95-79(55-87(119)103(71,75)9)99(5)35-31-67(111)47-63(99)51-83(95)115)15-27-91(123)107-39-13-40-109(93(125)29-17-61(3)73-21-25-77-97-81(57-89(121)105(73,77)11)101(7)37-33-69(113)49-65(101)53-85(97)117)45-46-110(94(126)30-18-62(4)74-22-26-78-98-82(58-90(122)106(74,78)12)102(8)38-34-70(114)50-66(102)54-86(98)118)42-14-41-108(44-43-107)92(124)28-16-60(2)72-20-24-76-96-80(56-88(120)104(72,76)10)100(6)36-32-68(112)48-64(100)52-84(96)116/h59-90,95-98,111-122H,13-58H2,1-12H3/t59-,60-,61-,62-,63+,64+,65+,66+,67-,68-,69-,70-,71-,72-,73-,74-,75+,76+,77+,78+,79+,80+,81+,82+,83-,84-,85-,86-,87+,88+,89+,90+,95+,96+,97+,98+,99+,100+,101+,102+,103-,104-,105-,106-/m1/s1. The van der Waals surface area contributed by atoms with Crippen molar-refractivity contribution in [1.29, 1.82) is 0 Å². The van der Waals surface area contributed by atoms with Crippen LogP contribution in [0.15, 0.2) is 0 Å². The molecule has 16 saturated carbocycles. The maximum absolute atomic E-state index is 15.6. The Morgan fingerprint density at radius 1 is 0.262 bits per heavy atom. The Morgan fingerprint density at radius 3 is 0.659 bits per heavy atom. The van der Waals surface area contributed by atoms with Gasteiger partial charge in [-0.3, -0.25) is 19.2 Å². The predicted molar refractivity (Wildman–Crippen MR) is 485 cm³/mol. The lowest BCUT2D eigenvalue weighted by Crippen LogP contribution is -2.62. The highest BCUT2D eigenvalue weighted by Crippen LogP contribution is 2.74. The van der Waals surface area contributed by atoms with Crippen LogP contribution in [0.1, 0.15) is 327 Å². The largest absolute Gasteiger partial charge is 0.393 e. The van der Waals surface area contributed by atoms with E-state index in [9.17, 15) is 61.3 Å². The highest BCUT2D eigenvalue weighted by molar-refractivity contribution is 5.79. The third-order valence-corrected chi connectivity index (χ3v) is 45.7. The Labute approximate surface area is 757 Å². The summed E-state index contributed by atoms with van der Waals surface area (Å²) in [4.78, 5) is 70.3. The van der Waals surface area contributed by atoms with Gasteiger partial charge in [-0.15, -0.1) is 0 Å². The van der Waals surface area contributed by atoms with Crippen molar-refractivity contribution >= 4 is 23.6 Å². The van der Waals surface area contributed by atoms with Gasteiger partial charge in [-0.25, -0.2) is 0 Å². The molecule has 4 amide bonds. The molecule has 1 heterocycles. The first-order valence-corrected chi connectivity index (χ1v) is 52.9. The van der Waals surface area contributed by atoms with Gasteiger partial charge in [0.25, 0.3) is 0 Å². The minimum atomic E-state index is -0.559. The Bertz CT molecular complexity index is 3360. The molecule has 16 aliphatic carbocycles. The molecule has 0 aromatic rings. The fraction of sp³-hybridized carbons (Fsp3) is 0.962. The zero-order valence-electron chi connectivity index (χ0n) is 80.1. The van der Waals surface area contributed by atoms with Crippen molar-refractivity contribution in [3.8, 4) is 0 Å². The van der Waals surface area contributed by atoms with E-state index in [1.54, 1.807) is 0 Å². The first kappa shape index (κ1) is 95.1. The summed E-state index contributed by atoms with van der Waals surface area (Å²) in [6.07, 6.45) is 21.0. The lowest BCUT2D eigenvalue weighted by molar-refractivity contribution is -0.207. The van der Waals surface area contributed by atoms with Gasteiger partial charge in [-0.2, -0.15) is 0 Å². The van der Waals surface area contributed by atoms with Crippen LogP contribution in [0.2, 0.25) is 0 Å². The third-order valence-electron chi connectivity index (χ3n) is 45.7. The number of rotatable bonds is 16. The Morgan fingerprint density at radius 2 is 0.460 bits per heavy atom. The van der Waals surface area contributed by atoms with Gasteiger partial charge in [-0.05, 0) is 404 Å². The Balaban J connectivity index is 0.615. The molecule has 0 radical (unpaired) electrons. The van der Waals surface area contributed by atoms with Crippen LogP contribution in [0, 0.1) is 185 Å². The zero-order chi connectivity index (χ0) is 89.9. The van der Waals surface area contributed by atoms with Gasteiger partial charge in [-0.1, -0.05) is 83.1 Å². The van der Waals surface area contributed by atoms with Crippen LogP contribution in [0.3, 0.4) is 0 Å². The van der Waals surface area contributed by atoms with Crippen molar-refractivity contribution in [2.45, 2.75) is 400 Å². The SMILES string of the molecule is C[C@H](CCC(=O)N1CCCN(C(=O)CC[C@@H](C)[C@H]2CC[C@H]3[C@@H]4[C@H](O)C[C@@H]5C[C@H](O)CC[C@]5(C)[C@H]4C[C@H](O)[C@]23C)CCN(C(=O)CC[C@@H](C)[C@H]2CC[C@H]3[C@@H]4[C@H](O)C[C@@H]5C[C@H](O)CC[C@]5(C)[C@H]4C[C@H](O)[C@]23C)CCCN(C(=O)CC[C@@H](C)[C@H]2CC[C@H]3[C@@H]4[C@H](O)C[C@@H]5C[C@H](O)CC[C@]5(C)[C@H]4C[C@H](O)[C@]23C)CC1)[C@H]1CC[C@H]2[C@@H]3[C@H](O)C[C@@H]4C[C@H](O)CC[C@]4(C)[C@H]3C[C@H](O)[C@]12C. The predicted octanol–water partition coefficient (Wildman–Crippen LogP) is 13.6. The maximum atomic E-state index is 15.6. The number of fused-ring (bicyclic) bond motifs is 20. The van der Waals surface area contributed by atoms with Gasteiger partial charge in [0.15, 0.2) is 0 Å². The zero-order valence-corrected chi connectivity index (χ0v) is 80.1. The van der Waals surface area contributed by atoms with Gasteiger partial charge in [0, 0.05) is 78.0 Å². The summed E-state index contributed by atoms with van der Waals surface area (Å²) >= 11 is 0. The van der Waals surface area contributed by atoms with Crippen molar-refractivity contribution in [3.63, 3.8) is 0 Å². The molecule has 1 aliphatic heterocycles. The van der Waals surface area contributed by atoms with E-state index < -0.39 is 70.5 Å². The number of amides is 4. The lowest BCUT2D eigenvalue weighted by Gasteiger charge is -2.63. The quantitative estimate of drug-likeness (QED) is 0.0683. The van der Waals surface area contributed by atoms with Gasteiger partial charge >= 0.3 is 0 Å². The summed E-state index contributed by atoms with van der Waals surface area (Å²) in [5.74, 6) is 3.32. The normalized spacial score (nSPS) is 51.7. The molecule has 1 saturated heterocycles. The number of carbonyl (C=O) groups is 4. The van der Waals surface area contributed by atoms with Gasteiger partial charge < -0.3 is 80.9 Å². The van der Waals surface area contributed by atoms with Crippen molar-refractivity contribution in [2.24, 2.45) is 185 Å². The molecule has 17 aliphatic rings. The van der Waals surface area contributed by atoms with Crippen LogP contribution in [0.5, 0.6) is 0 Å². The third kappa shape index (κ3) is 16.0. The molecule has 17 fully saturated rings. The van der Waals surface area contributed by atoms with E-state index in [0.29, 0.717) is 142 Å². The monoisotopic (exact) mass is 1760 g/mol. The van der Waals surface area contributed by atoms with E-state index in [2.05, 4.69) is 83.1 Å². The van der Waals surface area contributed by atoms with Crippen LogP contribution in [0.4, 0.5) is 0 Å². The second kappa shape index (κ2) is 36.1. The molecule has 17 rings (SSSR count).